The van der Waals surface area contributed by atoms with E-state index in [2.05, 4.69) is 11.9 Å². The van der Waals surface area contributed by atoms with E-state index in [0.29, 0.717) is 18.4 Å². The molecule has 26 heavy (non-hydrogen) atoms. The number of aromatic nitrogens is 3. The molecule has 3 aromatic rings. The fraction of sp³-hybridized carbons (Fsp3) is 0.333. The van der Waals surface area contributed by atoms with Crippen LogP contribution in [0.1, 0.15) is 31.4 Å². The van der Waals surface area contributed by atoms with Crippen molar-refractivity contribution in [1.82, 2.24) is 14.8 Å². The van der Waals surface area contributed by atoms with Crippen LogP contribution < -0.4 is 0 Å². The summed E-state index contributed by atoms with van der Waals surface area (Å²) >= 11 is 0. The van der Waals surface area contributed by atoms with E-state index in [4.69, 9.17) is 5.10 Å². The van der Waals surface area contributed by atoms with E-state index in [1.54, 1.807) is 24.5 Å². The molecule has 1 aliphatic rings. The molecule has 0 saturated heterocycles. The quantitative estimate of drug-likeness (QED) is 0.722. The first-order chi connectivity index (χ1) is 12.7. The van der Waals surface area contributed by atoms with Gasteiger partial charge in [0, 0.05) is 29.4 Å². The van der Waals surface area contributed by atoms with Crippen LogP contribution >= 0.6 is 0 Å². The van der Waals surface area contributed by atoms with Crippen LogP contribution in [-0.4, -0.2) is 26.5 Å². The van der Waals surface area contributed by atoms with Crippen molar-refractivity contribution in [1.29, 1.82) is 0 Å². The van der Waals surface area contributed by atoms with Crippen molar-refractivity contribution in [3.63, 3.8) is 0 Å². The minimum absolute atomic E-state index is 0.0385. The van der Waals surface area contributed by atoms with Crippen LogP contribution in [0.2, 0.25) is 0 Å². The summed E-state index contributed by atoms with van der Waals surface area (Å²) in [5.41, 5.74) is 5.02. The van der Waals surface area contributed by atoms with Crippen LogP contribution in [0, 0.1) is 11.7 Å². The molecule has 4 nitrogen and oxygen atoms in total. The lowest BCUT2D eigenvalue weighted by Gasteiger charge is -2.09. The van der Waals surface area contributed by atoms with Gasteiger partial charge in [0.2, 0.25) is 0 Å². The molecule has 1 aromatic carbocycles. The Morgan fingerprint density at radius 1 is 1.12 bits per heavy atom. The number of aliphatic hydroxyl groups is 1. The molecular weight excluding hydrogens is 329 g/mol. The Balaban J connectivity index is 1.93. The fourth-order valence-corrected chi connectivity index (χ4v) is 3.76. The number of halogens is 1. The van der Waals surface area contributed by atoms with E-state index in [1.165, 1.54) is 17.8 Å². The maximum Gasteiger partial charge on any atom is 0.123 e. The summed E-state index contributed by atoms with van der Waals surface area (Å²) in [7, 11) is 0. The Morgan fingerprint density at radius 3 is 2.46 bits per heavy atom. The molecule has 1 fully saturated rings. The summed E-state index contributed by atoms with van der Waals surface area (Å²) in [5.74, 6) is 0.852. The van der Waals surface area contributed by atoms with Gasteiger partial charge in [-0.05, 0) is 54.3 Å². The Morgan fingerprint density at radius 2 is 1.85 bits per heavy atom. The van der Waals surface area contributed by atoms with E-state index < -0.39 is 0 Å². The van der Waals surface area contributed by atoms with Crippen LogP contribution in [0.5, 0.6) is 0 Å². The largest absolute Gasteiger partial charge is 0.394 e. The Kier molecular flexibility index (Phi) is 4.55. The van der Waals surface area contributed by atoms with E-state index in [9.17, 15) is 9.50 Å². The van der Waals surface area contributed by atoms with Crippen molar-refractivity contribution in [2.75, 3.05) is 6.61 Å². The third-order valence-electron chi connectivity index (χ3n) is 5.19. The summed E-state index contributed by atoms with van der Waals surface area (Å²) in [4.78, 5) is 4.13. The molecule has 134 valence electrons. The molecule has 2 atom stereocenters. The lowest BCUT2D eigenvalue weighted by atomic mass is 9.97. The molecule has 1 N–H and O–H groups in total. The van der Waals surface area contributed by atoms with Crippen LogP contribution in [0.25, 0.3) is 22.4 Å². The molecule has 1 saturated carbocycles. The summed E-state index contributed by atoms with van der Waals surface area (Å²) in [5, 5.41) is 14.3. The average Bonchev–Trinajstić information content (AvgIpc) is 3.36. The van der Waals surface area contributed by atoms with Gasteiger partial charge in [0.25, 0.3) is 0 Å². The standard InChI is InChI=1S/C21H22FN3O/c1-2-14-13-18(14)21-19(15-7-9-23-10-8-15)20(24-25(21)11-12-26)16-3-5-17(22)6-4-16/h3-10,14,18,26H,2,11-13H2,1H3. The number of benzene rings is 1. The van der Waals surface area contributed by atoms with Gasteiger partial charge in [0.15, 0.2) is 0 Å². The first kappa shape index (κ1) is 16.9. The third kappa shape index (κ3) is 3.03. The number of rotatable bonds is 6. The smallest absolute Gasteiger partial charge is 0.123 e. The van der Waals surface area contributed by atoms with E-state index in [1.807, 2.05) is 16.8 Å². The predicted molar refractivity (Wildman–Crippen MR) is 99.1 cm³/mol. The molecule has 1 aliphatic carbocycles. The van der Waals surface area contributed by atoms with Crippen molar-refractivity contribution in [3.8, 4) is 22.4 Å². The number of hydrogen-bond donors (Lipinski definition) is 1. The summed E-state index contributed by atoms with van der Waals surface area (Å²) in [6, 6.07) is 10.4. The van der Waals surface area contributed by atoms with Crippen LogP contribution in [0.3, 0.4) is 0 Å². The summed E-state index contributed by atoms with van der Waals surface area (Å²) < 4.78 is 15.3. The normalized spacial score (nSPS) is 18.9. The molecule has 0 spiro atoms. The van der Waals surface area contributed by atoms with E-state index >= 15 is 0 Å². The van der Waals surface area contributed by atoms with Gasteiger partial charge in [-0.25, -0.2) is 4.39 Å². The number of hydrogen-bond acceptors (Lipinski definition) is 3. The minimum atomic E-state index is -0.262. The van der Waals surface area contributed by atoms with E-state index in [0.717, 1.165) is 35.2 Å². The van der Waals surface area contributed by atoms with Gasteiger partial charge >= 0.3 is 0 Å². The van der Waals surface area contributed by atoms with Gasteiger partial charge in [-0.2, -0.15) is 5.10 Å². The summed E-state index contributed by atoms with van der Waals surface area (Å²) in [6.07, 6.45) is 5.84. The maximum absolute atomic E-state index is 13.4. The highest BCUT2D eigenvalue weighted by Gasteiger charge is 2.41. The third-order valence-corrected chi connectivity index (χ3v) is 5.19. The van der Waals surface area contributed by atoms with Crippen molar-refractivity contribution in [2.45, 2.75) is 32.2 Å². The molecule has 0 bridgehead atoms. The van der Waals surface area contributed by atoms with Gasteiger partial charge < -0.3 is 5.11 Å². The molecule has 2 aromatic heterocycles. The monoisotopic (exact) mass is 351 g/mol. The second kappa shape index (κ2) is 7.00. The Hall–Kier alpha value is -2.53. The van der Waals surface area contributed by atoms with Gasteiger partial charge in [-0.3, -0.25) is 9.67 Å². The maximum atomic E-state index is 13.4. The Labute approximate surface area is 152 Å². The molecule has 5 heteroatoms. The zero-order chi connectivity index (χ0) is 18.1. The van der Waals surface area contributed by atoms with E-state index in [-0.39, 0.29) is 12.4 Å². The first-order valence-electron chi connectivity index (χ1n) is 9.10. The number of aliphatic hydroxyl groups excluding tert-OH is 1. The lowest BCUT2D eigenvalue weighted by molar-refractivity contribution is 0.267. The highest BCUT2D eigenvalue weighted by Crippen LogP contribution is 2.53. The zero-order valence-corrected chi connectivity index (χ0v) is 14.8. The van der Waals surface area contributed by atoms with Gasteiger partial charge in [0.05, 0.1) is 18.8 Å². The molecular formula is C21H22FN3O. The second-order valence-electron chi connectivity index (χ2n) is 6.81. The molecule has 2 unspecified atom stereocenters. The van der Waals surface area contributed by atoms with Crippen molar-refractivity contribution < 1.29 is 9.50 Å². The molecule has 4 rings (SSSR count). The first-order valence-corrected chi connectivity index (χ1v) is 9.10. The van der Waals surface area contributed by atoms with Crippen LogP contribution in [-0.2, 0) is 6.54 Å². The Bertz CT molecular complexity index is 890. The number of pyridine rings is 1. The SMILES string of the molecule is CCC1CC1c1c(-c2ccncc2)c(-c2ccc(F)cc2)nn1CCO. The van der Waals surface area contributed by atoms with Crippen LogP contribution in [0.15, 0.2) is 48.8 Å². The molecule has 2 heterocycles. The van der Waals surface area contributed by atoms with Crippen molar-refractivity contribution in [3.05, 3.63) is 60.3 Å². The molecule has 0 aliphatic heterocycles. The molecule has 0 radical (unpaired) electrons. The summed E-state index contributed by atoms with van der Waals surface area (Å²) in [6.45, 7) is 2.71. The highest BCUT2D eigenvalue weighted by atomic mass is 19.1. The lowest BCUT2D eigenvalue weighted by Crippen LogP contribution is -2.08. The van der Waals surface area contributed by atoms with Crippen LogP contribution in [0.4, 0.5) is 4.39 Å². The minimum Gasteiger partial charge on any atom is -0.394 e. The van der Waals surface area contributed by atoms with Gasteiger partial charge in [0.1, 0.15) is 11.5 Å². The fourth-order valence-electron chi connectivity index (χ4n) is 3.76. The number of nitrogens with zero attached hydrogens (tertiary/aromatic N) is 3. The zero-order valence-electron chi connectivity index (χ0n) is 14.8. The van der Waals surface area contributed by atoms with Crippen molar-refractivity contribution in [2.24, 2.45) is 5.92 Å². The predicted octanol–water partition coefficient (Wildman–Crippen LogP) is 4.26. The van der Waals surface area contributed by atoms with Gasteiger partial charge in [-0.15, -0.1) is 0 Å². The average molecular weight is 351 g/mol. The van der Waals surface area contributed by atoms with Gasteiger partial charge in [-0.1, -0.05) is 13.3 Å². The van der Waals surface area contributed by atoms with Crippen molar-refractivity contribution >= 4 is 0 Å². The second-order valence-corrected chi connectivity index (χ2v) is 6.81. The molecule has 0 amide bonds. The topological polar surface area (TPSA) is 50.9 Å². The highest BCUT2D eigenvalue weighted by molar-refractivity contribution is 5.83.